The summed E-state index contributed by atoms with van der Waals surface area (Å²) in [4.78, 5) is 12.2. The summed E-state index contributed by atoms with van der Waals surface area (Å²) in [7, 11) is 1.53. The Kier molecular flexibility index (Phi) is 3.75. The third-order valence-corrected chi connectivity index (χ3v) is 3.71. The van der Waals surface area contributed by atoms with Crippen LogP contribution in [0.2, 0.25) is 0 Å². The molecule has 3 N–H and O–H groups in total. The topological polar surface area (TPSA) is 64.3 Å². The fraction of sp³-hybridized carbons (Fsp3) is 0.500. The number of hydrogen-bond donors (Lipinski definition) is 2. The first kappa shape index (κ1) is 12.7. The number of para-hydroxylation sites is 1. The van der Waals surface area contributed by atoms with Crippen LogP contribution in [0.4, 0.5) is 5.69 Å². The molecule has 0 aromatic heterocycles. The molecule has 1 unspecified atom stereocenters. The molecule has 1 aromatic rings. The zero-order valence-corrected chi connectivity index (χ0v) is 10.9. The van der Waals surface area contributed by atoms with Crippen molar-refractivity contribution in [3.63, 3.8) is 0 Å². The molecule has 1 aromatic carbocycles. The lowest BCUT2D eigenvalue weighted by atomic mass is 9.80. The number of benzene rings is 1. The number of methoxy groups -OCH3 is 1. The van der Waals surface area contributed by atoms with E-state index in [0.29, 0.717) is 22.9 Å². The van der Waals surface area contributed by atoms with Crippen molar-refractivity contribution in [1.29, 1.82) is 0 Å². The lowest BCUT2D eigenvalue weighted by Gasteiger charge is -2.32. The molecule has 0 bridgehead atoms. The summed E-state index contributed by atoms with van der Waals surface area (Å²) < 4.78 is 5.19. The second-order valence-corrected chi connectivity index (χ2v) is 4.88. The van der Waals surface area contributed by atoms with E-state index in [1.807, 2.05) is 0 Å². The molecule has 18 heavy (non-hydrogen) atoms. The van der Waals surface area contributed by atoms with Crippen LogP contribution in [0.15, 0.2) is 18.2 Å². The van der Waals surface area contributed by atoms with E-state index in [1.165, 1.54) is 26.4 Å². The van der Waals surface area contributed by atoms with Crippen LogP contribution in [-0.2, 0) is 0 Å². The highest BCUT2D eigenvalue weighted by Gasteiger charge is 2.26. The van der Waals surface area contributed by atoms with Crippen molar-refractivity contribution in [2.45, 2.75) is 32.2 Å². The van der Waals surface area contributed by atoms with Gasteiger partial charge in [-0.3, -0.25) is 4.79 Å². The van der Waals surface area contributed by atoms with Gasteiger partial charge in [0.15, 0.2) is 5.75 Å². The number of ether oxygens (including phenoxy) is 1. The average molecular weight is 248 g/mol. The van der Waals surface area contributed by atoms with Gasteiger partial charge in [0.2, 0.25) is 0 Å². The van der Waals surface area contributed by atoms with Crippen LogP contribution in [-0.4, -0.2) is 19.1 Å². The van der Waals surface area contributed by atoms with Crippen molar-refractivity contribution in [3.05, 3.63) is 23.8 Å². The van der Waals surface area contributed by atoms with Gasteiger partial charge in [0.25, 0.3) is 5.91 Å². The van der Waals surface area contributed by atoms with Crippen molar-refractivity contribution in [2.75, 3.05) is 12.8 Å². The molecule has 1 saturated carbocycles. The number of nitrogens with two attached hydrogens (primary N) is 1. The van der Waals surface area contributed by atoms with Crippen LogP contribution in [0, 0.1) is 5.92 Å². The van der Waals surface area contributed by atoms with Gasteiger partial charge in [-0.25, -0.2) is 0 Å². The van der Waals surface area contributed by atoms with Crippen molar-refractivity contribution in [3.8, 4) is 5.75 Å². The van der Waals surface area contributed by atoms with E-state index in [4.69, 9.17) is 10.5 Å². The van der Waals surface area contributed by atoms with Crippen LogP contribution in [0.25, 0.3) is 0 Å². The fourth-order valence-corrected chi connectivity index (χ4v) is 2.30. The van der Waals surface area contributed by atoms with E-state index < -0.39 is 0 Å². The highest BCUT2D eigenvalue weighted by molar-refractivity contribution is 5.98. The quantitative estimate of drug-likeness (QED) is 0.803. The molecule has 1 fully saturated rings. The summed E-state index contributed by atoms with van der Waals surface area (Å²) in [6, 6.07) is 5.43. The largest absolute Gasteiger partial charge is 0.494 e. The second kappa shape index (κ2) is 5.29. The monoisotopic (exact) mass is 248 g/mol. The lowest BCUT2D eigenvalue weighted by molar-refractivity contribution is 0.0906. The van der Waals surface area contributed by atoms with Crippen LogP contribution in [0.5, 0.6) is 5.75 Å². The average Bonchev–Trinajstić information content (AvgIpc) is 2.25. The van der Waals surface area contributed by atoms with Gasteiger partial charge in [-0.15, -0.1) is 0 Å². The Balaban J connectivity index is 2.10. The van der Waals surface area contributed by atoms with E-state index >= 15 is 0 Å². The minimum atomic E-state index is -0.112. The van der Waals surface area contributed by atoms with E-state index in [2.05, 4.69) is 12.2 Å². The van der Waals surface area contributed by atoms with Crippen LogP contribution < -0.4 is 15.8 Å². The zero-order chi connectivity index (χ0) is 13.1. The molecule has 1 aliphatic carbocycles. The van der Waals surface area contributed by atoms with E-state index in [1.54, 1.807) is 18.2 Å². The van der Waals surface area contributed by atoms with Crippen molar-refractivity contribution < 1.29 is 9.53 Å². The molecule has 0 spiro atoms. The van der Waals surface area contributed by atoms with Gasteiger partial charge in [-0.2, -0.15) is 0 Å². The van der Waals surface area contributed by atoms with Gasteiger partial charge in [-0.1, -0.05) is 12.5 Å². The Morgan fingerprint density at radius 3 is 2.78 bits per heavy atom. The van der Waals surface area contributed by atoms with Gasteiger partial charge in [0, 0.05) is 6.04 Å². The minimum absolute atomic E-state index is 0.112. The zero-order valence-electron chi connectivity index (χ0n) is 10.9. The maximum atomic E-state index is 12.2. The molecule has 1 atom stereocenters. The van der Waals surface area contributed by atoms with Crippen molar-refractivity contribution in [1.82, 2.24) is 5.32 Å². The molecule has 98 valence electrons. The lowest BCUT2D eigenvalue weighted by Crippen LogP contribution is -2.40. The molecular formula is C14H20N2O2. The molecule has 2 rings (SSSR count). The second-order valence-electron chi connectivity index (χ2n) is 4.88. The first-order valence-electron chi connectivity index (χ1n) is 6.37. The van der Waals surface area contributed by atoms with Gasteiger partial charge in [-0.05, 0) is 37.8 Å². The number of amides is 1. The van der Waals surface area contributed by atoms with Gasteiger partial charge >= 0.3 is 0 Å². The predicted molar refractivity (Wildman–Crippen MR) is 71.7 cm³/mol. The Morgan fingerprint density at radius 2 is 2.22 bits per heavy atom. The first-order chi connectivity index (χ1) is 8.63. The highest BCUT2D eigenvalue weighted by Crippen LogP contribution is 2.30. The molecule has 0 saturated heterocycles. The highest BCUT2D eigenvalue weighted by atomic mass is 16.5. The molecule has 4 heteroatoms. The van der Waals surface area contributed by atoms with Crippen LogP contribution >= 0.6 is 0 Å². The number of anilines is 1. The Hall–Kier alpha value is -1.71. The molecule has 4 nitrogen and oxygen atoms in total. The maximum Gasteiger partial charge on any atom is 0.255 e. The standard InChI is InChI=1S/C14H20N2O2/c1-9(10-5-3-6-10)16-14(17)11-7-4-8-12(15)13(11)18-2/h4,7-10H,3,5-6,15H2,1-2H3,(H,16,17). The van der Waals surface area contributed by atoms with Crippen molar-refractivity contribution in [2.24, 2.45) is 5.92 Å². The number of hydrogen-bond acceptors (Lipinski definition) is 3. The summed E-state index contributed by atoms with van der Waals surface area (Å²) in [5.41, 5.74) is 6.78. The van der Waals surface area contributed by atoms with Gasteiger partial charge < -0.3 is 15.8 Å². The smallest absolute Gasteiger partial charge is 0.255 e. The summed E-state index contributed by atoms with van der Waals surface area (Å²) in [6.07, 6.45) is 3.68. The summed E-state index contributed by atoms with van der Waals surface area (Å²) >= 11 is 0. The minimum Gasteiger partial charge on any atom is -0.494 e. The van der Waals surface area contributed by atoms with E-state index in [-0.39, 0.29) is 11.9 Å². The molecule has 0 heterocycles. The third kappa shape index (κ3) is 2.42. The van der Waals surface area contributed by atoms with Crippen molar-refractivity contribution >= 4 is 11.6 Å². The number of carbonyl (C=O) groups is 1. The number of carbonyl (C=O) groups excluding carboxylic acids is 1. The number of nitrogens with one attached hydrogen (secondary N) is 1. The summed E-state index contributed by atoms with van der Waals surface area (Å²) in [5.74, 6) is 0.954. The Labute approximate surface area is 108 Å². The summed E-state index contributed by atoms with van der Waals surface area (Å²) in [5, 5.41) is 3.03. The van der Waals surface area contributed by atoms with Gasteiger partial charge in [0.05, 0.1) is 18.4 Å². The third-order valence-electron chi connectivity index (χ3n) is 3.71. The van der Waals surface area contributed by atoms with Gasteiger partial charge in [0.1, 0.15) is 0 Å². The van der Waals surface area contributed by atoms with Crippen LogP contribution in [0.1, 0.15) is 36.5 Å². The molecule has 0 radical (unpaired) electrons. The molecular weight excluding hydrogens is 228 g/mol. The fourth-order valence-electron chi connectivity index (χ4n) is 2.30. The maximum absolute atomic E-state index is 12.2. The molecule has 1 amide bonds. The summed E-state index contributed by atoms with van der Waals surface area (Å²) in [6.45, 7) is 2.06. The number of nitrogen functional groups attached to an aromatic ring is 1. The van der Waals surface area contributed by atoms with E-state index in [9.17, 15) is 4.79 Å². The predicted octanol–water partition coefficient (Wildman–Crippen LogP) is 2.20. The first-order valence-corrected chi connectivity index (χ1v) is 6.37. The van der Waals surface area contributed by atoms with E-state index in [0.717, 1.165) is 0 Å². The Morgan fingerprint density at radius 1 is 1.50 bits per heavy atom. The normalized spacial score (nSPS) is 16.8. The number of rotatable bonds is 4. The van der Waals surface area contributed by atoms with Crippen LogP contribution in [0.3, 0.4) is 0 Å². The molecule has 0 aliphatic heterocycles. The SMILES string of the molecule is COc1c(N)cccc1C(=O)NC(C)C1CCC1. The Bertz CT molecular complexity index is 441. The molecule has 1 aliphatic rings.